The van der Waals surface area contributed by atoms with Crippen LogP contribution in [0.15, 0.2) is 16.6 Å². The van der Waals surface area contributed by atoms with E-state index in [4.69, 9.17) is 9.47 Å². The molecule has 0 atom stereocenters. The Morgan fingerprint density at radius 3 is 1.83 bits per heavy atom. The maximum atomic E-state index is 11.7. The first-order chi connectivity index (χ1) is 11.2. The lowest BCUT2D eigenvalue weighted by Crippen LogP contribution is -2.03. The molecule has 0 saturated carbocycles. The Kier molecular flexibility index (Phi) is 5.18. The normalized spacial score (nSPS) is 10.6. The number of methoxy groups -OCH3 is 2. The standard InChI is InChI=1S/C18H20BrNO4/c1-9-7-13(19)15(11(3)17(9)23-5)16-12(4)18(24-6)10(2)8-14(16)20(21)22/h7-8H,1-6H3. The van der Waals surface area contributed by atoms with Gasteiger partial charge < -0.3 is 9.47 Å². The van der Waals surface area contributed by atoms with Crippen molar-refractivity contribution in [2.24, 2.45) is 0 Å². The lowest BCUT2D eigenvalue weighted by Gasteiger charge is -2.19. The second-order valence-corrected chi connectivity index (χ2v) is 6.57. The highest BCUT2D eigenvalue weighted by molar-refractivity contribution is 9.10. The topological polar surface area (TPSA) is 61.6 Å². The van der Waals surface area contributed by atoms with Crippen LogP contribution in [-0.2, 0) is 0 Å². The maximum Gasteiger partial charge on any atom is 0.278 e. The number of hydrogen-bond acceptors (Lipinski definition) is 4. The van der Waals surface area contributed by atoms with Gasteiger partial charge in [0.05, 0.1) is 24.7 Å². The quantitative estimate of drug-likeness (QED) is 0.523. The summed E-state index contributed by atoms with van der Waals surface area (Å²) in [6.45, 7) is 7.49. The summed E-state index contributed by atoms with van der Waals surface area (Å²) in [5, 5.41) is 11.7. The van der Waals surface area contributed by atoms with E-state index in [1.54, 1.807) is 27.2 Å². The van der Waals surface area contributed by atoms with Gasteiger partial charge in [-0.25, -0.2) is 0 Å². The van der Waals surface area contributed by atoms with Crippen molar-refractivity contribution >= 4 is 21.6 Å². The van der Waals surface area contributed by atoms with Crippen LogP contribution >= 0.6 is 15.9 Å². The number of rotatable bonds is 4. The zero-order chi connectivity index (χ0) is 18.2. The number of nitro groups is 1. The number of halogens is 1. The fourth-order valence-corrected chi connectivity index (χ4v) is 4.09. The SMILES string of the molecule is COc1c(C)cc(Br)c(-c2c([N+](=O)[O-])cc(C)c(OC)c2C)c1C. The van der Waals surface area contributed by atoms with Crippen LogP contribution in [0.4, 0.5) is 5.69 Å². The summed E-state index contributed by atoms with van der Waals surface area (Å²) >= 11 is 3.56. The molecule has 24 heavy (non-hydrogen) atoms. The first-order valence-electron chi connectivity index (χ1n) is 7.41. The van der Waals surface area contributed by atoms with Crippen LogP contribution in [0.25, 0.3) is 11.1 Å². The second-order valence-electron chi connectivity index (χ2n) is 5.71. The molecule has 0 saturated heterocycles. The summed E-state index contributed by atoms with van der Waals surface area (Å²) in [4.78, 5) is 11.3. The zero-order valence-corrected chi connectivity index (χ0v) is 16.2. The van der Waals surface area contributed by atoms with E-state index in [0.717, 1.165) is 38.0 Å². The number of benzene rings is 2. The number of hydrogen-bond donors (Lipinski definition) is 0. The van der Waals surface area contributed by atoms with Crippen molar-refractivity contribution in [1.82, 2.24) is 0 Å². The molecule has 0 aliphatic rings. The molecule has 0 unspecified atom stereocenters. The van der Waals surface area contributed by atoms with Gasteiger partial charge in [-0.15, -0.1) is 0 Å². The van der Waals surface area contributed by atoms with Crippen molar-refractivity contribution in [3.8, 4) is 22.6 Å². The minimum atomic E-state index is -0.354. The molecule has 2 rings (SSSR count). The van der Waals surface area contributed by atoms with E-state index in [1.807, 2.05) is 26.8 Å². The fraction of sp³-hybridized carbons (Fsp3) is 0.333. The lowest BCUT2D eigenvalue weighted by molar-refractivity contribution is -0.384. The highest BCUT2D eigenvalue weighted by atomic mass is 79.9. The monoisotopic (exact) mass is 393 g/mol. The molecule has 0 aliphatic carbocycles. The molecule has 0 N–H and O–H groups in total. The lowest BCUT2D eigenvalue weighted by atomic mass is 9.91. The van der Waals surface area contributed by atoms with Gasteiger partial charge in [0.2, 0.25) is 0 Å². The Hall–Kier alpha value is -2.08. The number of ether oxygens (including phenoxy) is 2. The third-order valence-electron chi connectivity index (χ3n) is 4.19. The van der Waals surface area contributed by atoms with Gasteiger partial charge in [0.1, 0.15) is 11.5 Å². The summed E-state index contributed by atoms with van der Waals surface area (Å²) in [6.07, 6.45) is 0. The predicted octanol–water partition coefficient (Wildman–Crippen LogP) is 5.28. The Morgan fingerprint density at radius 2 is 1.38 bits per heavy atom. The van der Waals surface area contributed by atoms with E-state index in [2.05, 4.69) is 15.9 Å². The highest BCUT2D eigenvalue weighted by Crippen LogP contribution is 2.46. The smallest absolute Gasteiger partial charge is 0.278 e. The summed E-state index contributed by atoms with van der Waals surface area (Å²) < 4.78 is 11.7. The summed E-state index contributed by atoms with van der Waals surface area (Å²) in [5.41, 5.74) is 4.63. The van der Waals surface area contributed by atoms with E-state index in [1.165, 1.54) is 0 Å². The number of nitrogens with zero attached hydrogens (tertiary/aromatic N) is 1. The minimum Gasteiger partial charge on any atom is -0.496 e. The minimum absolute atomic E-state index is 0.0560. The number of nitro benzene ring substituents is 1. The van der Waals surface area contributed by atoms with Gasteiger partial charge >= 0.3 is 0 Å². The average molecular weight is 394 g/mol. The molecule has 6 heteroatoms. The summed E-state index contributed by atoms with van der Waals surface area (Å²) in [6, 6.07) is 3.47. The first kappa shape index (κ1) is 18.3. The summed E-state index contributed by atoms with van der Waals surface area (Å²) in [5.74, 6) is 1.38. The van der Waals surface area contributed by atoms with Gasteiger partial charge in [0.25, 0.3) is 5.69 Å². The zero-order valence-electron chi connectivity index (χ0n) is 14.6. The van der Waals surface area contributed by atoms with Gasteiger partial charge in [0.15, 0.2) is 0 Å². The second kappa shape index (κ2) is 6.81. The Labute approximate surface area is 149 Å². The molecule has 0 aromatic heterocycles. The van der Waals surface area contributed by atoms with E-state index in [-0.39, 0.29) is 10.6 Å². The molecule has 0 aliphatic heterocycles. The van der Waals surface area contributed by atoms with Crippen LogP contribution in [0.5, 0.6) is 11.5 Å². The molecule has 0 radical (unpaired) electrons. The molecule has 0 spiro atoms. The molecule has 128 valence electrons. The van der Waals surface area contributed by atoms with Gasteiger partial charge in [-0.3, -0.25) is 10.1 Å². The Bertz CT molecular complexity index is 831. The van der Waals surface area contributed by atoms with Crippen LogP contribution in [0.1, 0.15) is 22.3 Å². The van der Waals surface area contributed by atoms with Crippen molar-refractivity contribution in [3.05, 3.63) is 49.0 Å². The van der Waals surface area contributed by atoms with Crippen LogP contribution in [0, 0.1) is 37.8 Å². The maximum absolute atomic E-state index is 11.7. The van der Waals surface area contributed by atoms with Gasteiger partial charge in [-0.2, -0.15) is 0 Å². The molecule has 5 nitrogen and oxygen atoms in total. The van der Waals surface area contributed by atoms with E-state index >= 15 is 0 Å². The van der Waals surface area contributed by atoms with E-state index in [0.29, 0.717) is 11.3 Å². The van der Waals surface area contributed by atoms with Crippen molar-refractivity contribution in [2.45, 2.75) is 27.7 Å². The molecule has 0 heterocycles. The van der Waals surface area contributed by atoms with E-state index < -0.39 is 0 Å². The van der Waals surface area contributed by atoms with Crippen molar-refractivity contribution < 1.29 is 14.4 Å². The van der Waals surface area contributed by atoms with Crippen molar-refractivity contribution in [3.63, 3.8) is 0 Å². The Morgan fingerprint density at radius 1 is 0.917 bits per heavy atom. The molecular weight excluding hydrogens is 374 g/mol. The largest absolute Gasteiger partial charge is 0.496 e. The van der Waals surface area contributed by atoms with Gasteiger partial charge in [0, 0.05) is 27.2 Å². The average Bonchev–Trinajstić information content (AvgIpc) is 2.49. The number of aryl methyl sites for hydroxylation is 2. The predicted molar refractivity (Wildman–Crippen MR) is 98.3 cm³/mol. The molecule has 2 aromatic rings. The molecule has 2 aromatic carbocycles. The van der Waals surface area contributed by atoms with E-state index in [9.17, 15) is 10.1 Å². The van der Waals surface area contributed by atoms with Crippen LogP contribution in [0.2, 0.25) is 0 Å². The Balaban J connectivity index is 2.99. The third-order valence-corrected chi connectivity index (χ3v) is 4.82. The highest BCUT2D eigenvalue weighted by Gasteiger charge is 2.27. The molecular formula is C18H20BrNO4. The van der Waals surface area contributed by atoms with Gasteiger partial charge in [-0.05, 0) is 44.9 Å². The first-order valence-corrected chi connectivity index (χ1v) is 8.20. The van der Waals surface area contributed by atoms with Crippen LogP contribution in [0.3, 0.4) is 0 Å². The van der Waals surface area contributed by atoms with Crippen LogP contribution < -0.4 is 9.47 Å². The van der Waals surface area contributed by atoms with Crippen molar-refractivity contribution in [1.29, 1.82) is 0 Å². The molecule has 0 amide bonds. The molecule has 0 fully saturated rings. The van der Waals surface area contributed by atoms with Gasteiger partial charge in [-0.1, -0.05) is 15.9 Å². The van der Waals surface area contributed by atoms with Crippen LogP contribution in [-0.4, -0.2) is 19.1 Å². The van der Waals surface area contributed by atoms with Crippen molar-refractivity contribution in [2.75, 3.05) is 14.2 Å². The molecule has 0 bridgehead atoms. The summed E-state index contributed by atoms with van der Waals surface area (Å²) in [7, 11) is 3.17. The third kappa shape index (κ3) is 2.86. The fourth-order valence-electron chi connectivity index (χ4n) is 3.26.